The highest BCUT2D eigenvalue weighted by atomic mass is 16.5. The molecule has 0 fully saturated rings. The highest BCUT2D eigenvalue weighted by Crippen LogP contribution is 2.08. The topological polar surface area (TPSA) is 56.2 Å². The van der Waals surface area contributed by atoms with Gasteiger partial charge in [0, 0.05) is 26.2 Å². The minimum Gasteiger partial charge on any atom is -0.493 e. The van der Waals surface area contributed by atoms with Crippen LogP contribution in [0, 0.1) is 0 Å². The second-order valence-electron chi connectivity index (χ2n) is 4.54. The lowest BCUT2D eigenvalue weighted by Gasteiger charge is -2.06. The van der Waals surface area contributed by atoms with Crippen molar-refractivity contribution in [3.05, 3.63) is 48.5 Å². The molecule has 0 aliphatic rings. The van der Waals surface area contributed by atoms with E-state index in [2.05, 4.69) is 10.3 Å². The number of nitrogens with zero attached hydrogens (tertiary/aromatic N) is 2. The van der Waals surface area contributed by atoms with E-state index in [1.807, 2.05) is 48.1 Å². The Bertz CT molecular complexity index is 537. The molecule has 0 unspecified atom stereocenters. The molecule has 0 aliphatic carbocycles. The van der Waals surface area contributed by atoms with Crippen molar-refractivity contribution in [1.82, 2.24) is 14.9 Å². The summed E-state index contributed by atoms with van der Waals surface area (Å²) in [5.41, 5.74) is 0.980. The average molecular weight is 273 g/mol. The van der Waals surface area contributed by atoms with Crippen LogP contribution < -0.4 is 10.1 Å². The van der Waals surface area contributed by atoms with Crippen molar-refractivity contribution in [3.8, 4) is 5.75 Å². The lowest BCUT2D eigenvalue weighted by molar-refractivity contribution is -0.121. The Morgan fingerprint density at radius 3 is 2.85 bits per heavy atom. The number of aryl methyl sites for hydroxylation is 1. The van der Waals surface area contributed by atoms with Crippen LogP contribution in [0.3, 0.4) is 0 Å². The van der Waals surface area contributed by atoms with Gasteiger partial charge < -0.3 is 14.6 Å². The summed E-state index contributed by atoms with van der Waals surface area (Å²) in [6.07, 6.45) is 4.80. The lowest BCUT2D eigenvalue weighted by Crippen LogP contribution is -2.27. The summed E-state index contributed by atoms with van der Waals surface area (Å²) in [6.45, 7) is 0.987. The minimum atomic E-state index is -0.00291. The van der Waals surface area contributed by atoms with Crippen LogP contribution in [0.1, 0.15) is 12.1 Å². The monoisotopic (exact) mass is 273 g/mol. The summed E-state index contributed by atoms with van der Waals surface area (Å²) >= 11 is 0. The van der Waals surface area contributed by atoms with Gasteiger partial charge in [0.05, 0.1) is 25.0 Å². The summed E-state index contributed by atoms with van der Waals surface area (Å²) < 4.78 is 7.36. The molecule has 0 saturated carbocycles. The fourth-order valence-electron chi connectivity index (χ4n) is 1.79. The van der Waals surface area contributed by atoms with Crippen LogP contribution in [0.5, 0.6) is 5.75 Å². The molecule has 1 aromatic carbocycles. The van der Waals surface area contributed by atoms with Crippen LogP contribution in [0.15, 0.2) is 42.9 Å². The molecule has 20 heavy (non-hydrogen) atoms. The van der Waals surface area contributed by atoms with Gasteiger partial charge in [0.15, 0.2) is 0 Å². The highest BCUT2D eigenvalue weighted by Gasteiger charge is 2.02. The Kier molecular flexibility index (Phi) is 5.17. The van der Waals surface area contributed by atoms with Gasteiger partial charge in [-0.2, -0.15) is 0 Å². The Hall–Kier alpha value is -2.30. The van der Waals surface area contributed by atoms with Gasteiger partial charge >= 0.3 is 0 Å². The van der Waals surface area contributed by atoms with Crippen molar-refractivity contribution in [3.63, 3.8) is 0 Å². The largest absolute Gasteiger partial charge is 0.493 e. The summed E-state index contributed by atoms with van der Waals surface area (Å²) in [5.74, 6) is 0.783. The average Bonchev–Trinajstić information content (AvgIpc) is 2.86. The minimum absolute atomic E-state index is 0.00291. The second-order valence-corrected chi connectivity index (χ2v) is 4.54. The summed E-state index contributed by atoms with van der Waals surface area (Å²) in [4.78, 5) is 15.8. The predicted molar refractivity (Wildman–Crippen MR) is 76.5 cm³/mol. The zero-order valence-electron chi connectivity index (χ0n) is 11.6. The summed E-state index contributed by atoms with van der Waals surface area (Å²) in [5, 5.41) is 2.86. The third-order valence-electron chi connectivity index (χ3n) is 2.80. The molecule has 1 amide bonds. The van der Waals surface area contributed by atoms with E-state index in [-0.39, 0.29) is 5.91 Å². The van der Waals surface area contributed by atoms with Gasteiger partial charge in [0.25, 0.3) is 0 Å². The van der Waals surface area contributed by atoms with E-state index in [0.29, 0.717) is 19.6 Å². The van der Waals surface area contributed by atoms with Gasteiger partial charge in [-0.3, -0.25) is 4.79 Å². The maximum Gasteiger partial charge on any atom is 0.223 e. The number of ether oxygens (including phenoxy) is 1. The number of imidazole rings is 1. The van der Waals surface area contributed by atoms with E-state index in [4.69, 9.17) is 4.74 Å². The number of nitrogens with one attached hydrogen (secondary N) is 1. The van der Waals surface area contributed by atoms with Crippen molar-refractivity contribution in [1.29, 1.82) is 0 Å². The SMILES string of the molecule is Cn1cnc(CCNC(=O)CCOc2ccccc2)c1. The standard InChI is InChI=1S/C15H19N3O2/c1-18-11-13(17-12-18)7-9-16-15(19)8-10-20-14-5-3-2-4-6-14/h2-6,11-12H,7-10H2,1H3,(H,16,19). The van der Waals surface area contributed by atoms with Crippen LogP contribution in [0.2, 0.25) is 0 Å². The number of benzene rings is 1. The maximum atomic E-state index is 11.6. The van der Waals surface area contributed by atoms with Gasteiger partial charge in [0.2, 0.25) is 5.91 Å². The summed E-state index contributed by atoms with van der Waals surface area (Å²) in [7, 11) is 1.93. The quantitative estimate of drug-likeness (QED) is 0.832. The van der Waals surface area contributed by atoms with E-state index >= 15 is 0 Å². The molecule has 5 heteroatoms. The van der Waals surface area contributed by atoms with E-state index in [1.54, 1.807) is 6.33 Å². The number of carbonyl (C=O) groups is 1. The van der Waals surface area contributed by atoms with Crippen LogP contribution in [0.4, 0.5) is 0 Å². The fraction of sp³-hybridized carbons (Fsp3) is 0.333. The Balaban J connectivity index is 1.59. The molecule has 0 aliphatic heterocycles. The third-order valence-corrected chi connectivity index (χ3v) is 2.80. The molecule has 1 aromatic heterocycles. The van der Waals surface area contributed by atoms with Gasteiger partial charge in [-0.1, -0.05) is 18.2 Å². The molecule has 2 rings (SSSR count). The van der Waals surface area contributed by atoms with E-state index in [9.17, 15) is 4.79 Å². The lowest BCUT2D eigenvalue weighted by atomic mass is 10.3. The molecule has 5 nitrogen and oxygen atoms in total. The Morgan fingerprint density at radius 1 is 1.35 bits per heavy atom. The number of hydrogen-bond acceptors (Lipinski definition) is 3. The third kappa shape index (κ3) is 4.76. The van der Waals surface area contributed by atoms with Gasteiger partial charge in [-0.15, -0.1) is 0 Å². The highest BCUT2D eigenvalue weighted by molar-refractivity contribution is 5.75. The van der Waals surface area contributed by atoms with Crippen molar-refractivity contribution >= 4 is 5.91 Å². The molecule has 0 radical (unpaired) electrons. The first-order valence-corrected chi connectivity index (χ1v) is 6.65. The van der Waals surface area contributed by atoms with Crippen molar-refractivity contribution in [2.24, 2.45) is 7.05 Å². The van der Waals surface area contributed by atoms with Gasteiger partial charge in [-0.05, 0) is 12.1 Å². The van der Waals surface area contributed by atoms with Crippen molar-refractivity contribution in [2.75, 3.05) is 13.2 Å². The fourth-order valence-corrected chi connectivity index (χ4v) is 1.79. The smallest absolute Gasteiger partial charge is 0.223 e. The van der Waals surface area contributed by atoms with Gasteiger partial charge in [-0.25, -0.2) is 4.98 Å². The predicted octanol–water partition coefficient (Wildman–Crippen LogP) is 1.55. The molecule has 0 spiro atoms. The van der Waals surface area contributed by atoms with Crippen LogP contribution >= 0.6 is 0 Å². The maximum absolute atomic E-state index is 11.6. The number of para-hydroxylation sites is 1. The summed E-state index contributed by atoms with van der Waals surface area (Å²) in [6, 6.07) is 9.49. The van der Waals surface area contributed by atoms with Crippen LogP contribution in [0.25, 0.3) is 0 Å². The molecule has 0 bridgehead atoms. The molecule has 2 aromatic rings. The first kappa shape index (κ1) is 14.1. The molecule has 1 heterocycles. The zero-order chi connectivity index (χ0) is 14.2. The Labute approximate surface area is 118 Å². The molecule has 1 N–H and O–H groups in total. The Morgan fingerprint density at radius 2 is 2.15 bits per heavy atom. The molecule has 0 atom stereocenters. The number of hydrogen-bond donors (Lipinski definition) is 1. The second kappa shape index (κ2) is 7.33. The van der Waals surface area contributed by atoms with E-state index in [0.717, 1.165) is 17.9 Å². The van der Waals surface area contributed by atoms with Crippen LogP contribution in [-0.2, 0) is 18.3 Å². The van der Waals surface area contributed by atoms with Crippen molar-refractivity contribution in [2.45, 2.75) is 12.8 Å². The number of aromatic nitrogens is 2. The first-order chi connectivity index (χ1) is 9.74. The van der Waals surface area contributed by atoms with Crippen molar-refractivity contribution < 1.29 is 9.53 Å². The number of carbonyl (C=O) groups excluding carboxylic acids is 1. The number of amides is 1. The van der Waals surface area contributed by atoms with E-state index < -0.39 is 0 Å². The first-order valence-electron chi connectivity index (χ1n) is 6.65. The van der Waals surface area contributed by atoms with E-state index in [1.165, 1.54) is 0 Å². The van der Waals surface area contributed by atoms with Crippen LogP contribution in [-0.4, -0.2) is 28.6 Å². The molecule has 0 saturated heterocycles. The molecule has 106 valence electrons. The normalized spacial score (nSPS) is 10.2. The van der Waals surface area contributed by atoms with Gasteiger partial charge in [0.1, 0.15) is 5.75 Å². The zero-order valence-corrected chi connectivity index (χ0v) is 11.6. The number of rotatable bonds is 7. The molecular weight excluding hydrogens is 254 g/mol. The molecular formula is C15H19N3O2.